The Bertz CT molecular complexity index is 1180. The predicted octanol–water partition coefficient (Wildman–Crippen LogP) is 3.65. The van der Waals surface area contributed by atoms with Gasteiger partial charge in [-0.1, -0.05) is 30.3 Å². The number of carbonyl (C=O) groups is 1. The van der Waals surface area contributed by atoms with E-state index < -0.39 is 0 Å². The zero-order chi connectivity index (χ0) is 19.7. The molecule has 6 nitrogen and oxygen atoms in total. The Labute approximate surface area is 163 Å². The quantitative estimate of drug-likeness (QED) is 0.594. The van der Waals surface area contributed by atoms with Crippen molar-refractivity contribution in [2.24, 2.45) is 0 Å². The first kappa shape index (κ1) is 17.9. The predicted molar refractivity (Wildman–Crippen MR) is 108 cm³/mol. The van der Waals surface area contributed by atoms with Crippen LogP contribution < -0.4 is 5.32 Å². The normalized spacial score (nSPS) is 11.0. The van der Waals surface area contributed by atoms with E-state index in [-0.39, 0.29) is 12.5 Å². The van der Waals surface area contributed by atoms with E-state index in [1.165, 1.54) is 11.1 Å². The van der Waals surface area contributed by atoms with E-state index in [9.17, 15) is 4.79 Å². The van der Waals surface area contributed by atoms with Crippen LogP contribution in [0.25, 0.3) is 16.9 Å². The second kappa shape index (κ2) is 7.23. The minimum absolute atomic E-state index is 0.139. The van der Waals surface area contributed by atoms with Gasteiger partial charge in [-0.25, -0.2) is 0 Å². The maximum atomic E-state index is 12.5. The maximum Gasteiger partial charge on any atom is 0.251 e. The molecule has 0 radical (unpaired) electrons. The Kier molecular flexibility index (Phi) is 4.61. The van der Waals surface area contributed by atoms with Crippen molar-refractivity contribution in [1.82, 2.24) is 25.1 Å². The summed E-state index contributed by atoms with van der Waals surface area (Å²) in [4.78, 5) is 12.5. The van der Waals surface area contributed by atoms with Crippen LogP contribution >= 0.6 is 0 Å². The third-order valence-corrected chi connectivity index (χ3v) is 4.93. The number of benzene rings is 2. The molecule has 0 atom stereocenters. The molecule has 6 heteroatoms. The lowest BCUT2D eigenvalue weighted by Gasteiger charge is -2.08. The number of aromatic nitrogens is 4. The zero-order valence-corrected chi connectivity index (χ0v) is 16.1. The van der Waals surface area contributed by atoms with Crippen molar-refractivity contribution in [3.05, 3.63) is 82.7 Å². The molecule has 0 saturated heterocycles. The standard InChI is InChI=1S/C22H21N5O/c1-14-8-9-17(12-16(14)3)19-10-11-20-24-25-21(27(20)26-19)13-23-22(28)18-7-5-4-6-15(18)2/h4-12H,13H2,1-3H3,(H,23,28). The van der Waals surface area contributed by atoms with E-state index in [1.54, 1.807) is 4.52 Å². The van der Waals surface area contributed by atoms with Crippen LogP contribution in [0, 0.1) is 20.8 Å². The molecule has 1 N–H and O–H groups in total. The molecule has 28 heavy (non-hydrogen) atoms. The van der Waals surface area contributed by atoms with Crippen molar-refractivity contribution < 1.29 is 4.79 Å². The maximum absolute atomic E-state index is 12.5. The van der Waals surface area contributed by atoms with Gasteiger partial charge in [-0.15, -0.1) is 10.2 Å². The number of amides is 1. The van der Waals surface area contributed by atoms with Crippen LogP contribution in [0.15, 0.2) is 54.6 Å². The van der Waals surface area contributed by atoms with Crippen molar-refractivity contribution in [2.45, 2.75) is 27.3 Å². The second-order valence-corrected chi connectivity index (χ2v) is 6.90. The monoisotopic (exact) mass is 371 g/mol. The van der Waals surface area contributed by atoms with Crippen molar-refractivity contribution in [3.63, 3.8) is 0 Å². The highest BCUT2D eigenvalue weighted by Crippen LogP contribution is 2.20. The van der Waals surface area contributed by atoms with Gasteiger partial charge in [0.1, 0.15) is 0 Å². The lowest BCUT2D eigenvalue weighted by atomic mass is 10.0. The molecule has 1 amide bonds. The lowest BCUT2D eigenvalue weighted by Crippen LogP contribution is -2.25. The summed E-state index contributed by atoms with van der Waals surface area (Å²) in [7, 11) is 0. The molecule has 0 aliphatic carbocycles. The Hall–Kier alpha value is -3.54. The van der Waals surface area contributed by atoms with Gasteiger partial charge in [0.2, 0.25) is 0 Å². The van der Waals surface area contributed by atoms with Crippen molar-refractivity contribution >= 4 is 11.6 Å². The number of hydrogen-bond acceptors (Lipinski definition) is 4. The molecule has 0 bridgehead atoms. The largest absolute Gasteiger partial charge is 0.345 e. The summed E-state index contributed by atoms with van der Waals surface area (Å²) in [5.41, 5.74) is 6.56. The summed E-state index contributed by atoms with van der Waals surface area (Å²) < 4.78 is 1.68. The smallest absolute Gasteiger partial charge is 0.251 e. The highest BCUT2D eigenvalue weighted by atomic mass is 16.1. The van der Waals surface area contributed by atoms with Crippen LogP contribution in [-0.2, 0) is 6.54 Å². The Balaban J connectivity index is 1.60. The van der Waals surface area contributed by atoms with Crippen LogP contribution in [0.1, 0.15) is 32.9 Å². The summed E-state index contributed by atoms with van der Waals surface area (Å²) in [5.74, 6) is 0.447. The second-order valence-electron chi connectivity index (χ2n) is 6.90. The summed E-state index contributed by atoms with van der Waals surface area (Å²) in [6.07, 6.45) is 0. The van der Waals surface area contributed by atoms with Gasteiger partial charge in [-0.05, 0) is 61.7 Å². The van der Waals surface area contributed by atoms with E-state index in [1.807, 2.05) is 43.3 Å². The van der Waals surface area contributed by atoms with E-state index in [2.05, 4.69) is 52.7 Å². The fourth-order valence-corrected chi connectivity index (χ4v) is 3.08. The molecule has 0 aliphatic heterocycles. The third-order valence-electron chi connectivity index (χ3n) is 4.93. The molecule has 0 fully saturated rings. The number of carbonyl (C=O) groups excluding carboxylic acids is 1. The lowest BCUT2D eigenvalue weighted by molar-refractivity contribution is 0.0949. The van der Waals surface area contributed by atoms with Crippen molar-refractivity contribution in [1.29, 1.82) is 0 Å². The molecule has 0 spiro atoms. The van der Waals surface area contributed by atoms with E-state index >= 15 is 0 Å². The summed E-state index contributed by atoms with van der Waals surface area (Å²) in [6.45, 7) is 6.34. The number of aryl methyl sites for hydroxylation is 3. The van der Waals surface area contributed by atoms with Crippen LogP contribution in [0.3, 0.4) is 0 Å². The molecule has 0 aliphatic rings. The summed E-state index contributed by atoms with van der Waals surface area (Å²) in [5, 5.41) is 15.9. The fraction of sp³-hybridized carbons (Fsp3) is 0.182. The van der Waals surface area contributed by atoms with Gasteiger partial charge in [-0.3, -0.25) is 4.79 Å². The number of hydrogen-bond donors (Lipinski definition) is 1. The van der Waals surface area contributed by atoms with E-state index in [0.29, 0.717) is 17.0 Å². The van der Waals surface area contributed by atoms with Gasteiger partial charge in [0.05, 0.1) is 12.2 Å². The number of nitrogens with zero attached hydrogens (tertiary/aromatic N) is 4. The molecule has 2 heterocycles. The molecule has 0 unspecified atom stereocenters. The average Bonchev–Trinajstić information content (AvgIpc) is 3.11. The number of rotatable bonds is 4. The Morgan fingerprint density at radius 3 is 2.54 bits per heavy atom. The molecule has 2 aromatic heterocycles. The van der Waals surface area contributed by atoms with Crippen LogP contribution in [0.4, 0.5) is 0 Å². The van der Waals surface area contributed by atoms with Crippen LogP contribution in [0.5, 0.6) is 0 Å². The van der Waals surface area contributed by atoms with Gasteiger partial charge in [0, 0.05) is 11.1 Å². The van der Waals surface area contributed by atoms with Gasteiger partial charge >= 0.3 is 0 Å². The van der Waals surface area contributed by atoms with Gasteiger partial charge < -0.3 is 5.32 Å². The van der Waals surface area contributed by atoms with Gasteiger partial charge in [0.25, 0.3) is 5.91 Å². The minimum atomic E-state index is -0.139. The fourth-order valence-electron chi connectivity index (χ4n) is 3.08. The molecular formula is C22H21N5O. The highest BCUT2D eigenvalue weighted by molar-refractivity contribution is 5.95. The minimum Gasteiger partial charge on any atom is -0.345 e. The van der Waals surface area contributed by atoms with Crippen molar-refractivity contribution in [2.75, 3.05) is 0 Å². The SMILES string of the molecule is Cc1ccc(-c2ccc3nnc(CNC(=O)c4ccccc4C)n3n2)cc1C. The first-order chi connectivity index (χ1) is 13.5. The molecule has 2 aromatic carbocycles. The topological polar surface area (TPSA) is 72.2 Å². The zero-order valence-electron chi connectivity index (χ0n) is 16.1. The first-order valence-electron chi connectivity index (χ1n) is 9.16. The number of fused-ring (bicyclic) bond motifs is 1. The van der Waals surface area contributed by atoms with Gasteiger partial charge in [0.15, 0.2) is 11.5 Å². The highest BCUT2D eigenvalue weighted by Gasteiger charge is 2.12. The molecule has 140 valence electrons. The van der Waals surface area contributed by atoms with Crippen molar-refractivity contribution in [3.8, 4) is 11.3 Å². The molecule has 4 aromatic rings. The Morgan fingerprint density at radius 2 is 1.75 bits per heavy atom. The molecule has 0 saturated carbocycles. The van der Waals surface area contributed by atoms with Gasteiger partial charge in [-0.2, -0.15) is 9.61 Å². The molecular weight excluding hydrogens is 350 g/mol. The van der Waals surface area contributed by atoms with Crippen LogP contribution in [0.2, 0.25) is 0 Å². The first-order valence-corrected chi connectivity index (χ1v) is 9.16. The van der Waals surface area contributed by atoms with E-state index in [4.69, 9.17) is 0 Å². The van der Waals surface area contributed by atoms with E-state index in [0.717, 1.165) is 16.8 Å². The third kappa shape index (κ3) is 3.36. The summed E-state index contributed by atoms with van der Waals surface area (Å²) in [6, 6.07) is 17.6. The Morgan fingerprint density at radius 1 is 0.929 bits per heavy atom. The molecule has 4 rings (SSSR count). The average molecular weight is 371 g/mol. The van der Waals surface area contributed by atoms with Crippen LogP contribution in [-0.4, -0.2) is 25.7 Å². The number of nitrogens with one attached hydrogen (secondary N) is 1. The summed E-state index contributed by atoms with van der Waals surface area (Å²) >= 11 is 0.